The number of amides is 1. The minimum atomic E-state index is -0.394. The molecule has 0 N–H and O–H groups in total. The van der Waals surface area contributed by atoms with Crippen LogP contribution in [0, 0.1) is 0 Å². The van der Waals surface area contributed by atoms with Crippen LogP contribution in [-0.4, -0.2) is 54.6 Å². The van der Waals surface area contributed by atoms with Gasteiger partial charge < -0.3 is 18.9 Å². The highest BCUT2D eigenvalue weighted by atomic mass is 79.9. The van der Waals surface area contributed by atoms with E-state index in [2.05, 4.69) is 33.9 Å². The van der Waals surface area contributed by atoms with E-state index in [1.165, 1.54) is 10.5 Å². The molecule has 0 atom stereocenters. The van der Waals surface area contributed by atoms with E-state index in [1.54, 1.807) is 39.5 Å². The number of amidine groups is 1. The number of carbonyl (C=O) groups is 1. The van der Waals surface area contributed by atoms with Crippen LogP contribution in [0.2, 0.25) is 0 Å². The second-order valence-electron chi connectivity index (χ2n) is 12.5. The molecule has 1 aliphatic rings. The maximum Gasteiger partial charge on any atom is 0.285 e. The van der Waals surface area contributed by atoms with Crippen LogP contribution in [0.1, 0.15) is 29.3 Å². The van der Waals surface area contributed by atoms with Gasteiger partial charge in [-0.05, 0) is 84.3 Å². The molecule has 7 rings (SSSR count). The first kappa shape index (κ1) is 37.0. The van der Waals surface area contributed by atoms with Crippen molar-refractivity contribution in [3.05, 3.63) is 148 Å². The first-order chi connectivity index (χ1) is 26.9. The van der Waals surface area contributed by atoms with E-state index in [9.17, 15) is 4.79 Å². The maximum absolute atomic E-state index is 14.5. The molecule has 0 unspecified atom stereocenters. The Morgan fingerprint density at radius 2 is 1.40 bits per heavy atom. The van der Waals surface area contributed by atoms with Crippen LogP contribution >= 0.6 is 15.9 Å². The normalized spacial score (nSPS) is 13.2. The number of aromatic nitrogens is 3. The molecule has 6 aromatic rings. The number of hydrogen-bond donors (Lipinski definition) is 0. The van der Waals surface area contributed by atoms with Gasteiger partial charge in [0.2, 0.25) is 11.7 Å². The zero-order valence-electron chi connectivity index (χ0n) is 30.8. The van der Waals surface area contributed by atoms with E-state index in [0.717, 1.165) is 39.0 Å². The molecule has 0 saturated carbocycles. The lowest BCUT2D eigenvalue weighted by molar-refractivity contribution is -0.113. The summed E-state index contributed by atoms with van der Waals surface area (Å²) in [4.78, 5) is 35.3. The van der Waals surface area contributed by atoms with Crippen LogP contribution in [-0.2, 0) is 17.6 Å². The maximum atomic E-state index is 14.5. The Kier molecular flexibility index (Phi) is 11.3. The third-order valence-electron chi connectivity index (χ3n) is 9.01. The van der Waals surface area contributed by atoms with Gasteiger partial charge in [0.25, 0.3) is 5.91 Å². The third kappa shape index (κ3) is 8.27. The highest BCUT2D eigenvalue weighted by Crippen LogP contribution is 2.39. The van der Waals surface area contributed by atoms with Crippen molar-refractivity contribution in [3.63, 3.8) is 0 Å². The van der Waals surface area contributed by atoms with E-state index in [1.807, 2.05) is 97.2 Å². The molecular weight excluding hydrogens is 758 g/mol. The summed E-state index contributed by atoms with van der Waals surface area (Å²) >= 11 is 3.54. The Balaban J connectivity index is 1.26. The Morgan fingerprint density at radius 1 is 0.745 bits per heavy atom. The zero-order chi connectivity index (χ0) is 38.3. The number of benzene rings is 4. The van der Waals surface area contributed by atoms with Gasteiger partial charge in [-0.3, -0.25) is 9.78 Å². The summed E-state index contributed by atoms with van der Waals surface area (Å²) in [6.45, 7) is 2.61. The second-order valence-corrected chi connectivity index (χ2v) is 13.4. The lowest BCUT2D eigenvalue weighted by Gasteiger charge is -2.18. The quantitative estimate of drug-likeness (QED) is 0.107. The molecule has 0 radical (unpaired) electrons. The standard InChI is InChI=1S/C44H38BrN5O5/c1-5-28-11-18-34(46-27-28)21-22-55-35-19-14-31(15-20-35)37-26-36(30-12-16-33(45)17-13-30)48-44(49-37)50-42(32-9-7-6-8-10-32)47-38(43(50)51)23-29-24-39(52-2)41(54-4)40(25-29)53-3/h6-20,23-27H,5,21-22H2,1-4H3/b38-23-. The van der Waals surface area contributed by atoms with Crippen LogP contribution in [0.4, 0.5) is 5.95 Å². The molecule has 0 spiro atoms. The summed E-state index contributed by atoms with van der Waals surface area (Å²) in [5.74, 6) is 2.26. The topological polar surface area (TPSA) is 108 Å². The number of nitrogens with zero attached hydrogens (tertiary/aromatic N) is 5. The second kappa shape index (κ2) is 16.8. The van der Waals surface area contributed by atoms with Crippen LogP contribution in [0.25, 0.3) is 28.6 Å². The number of hydrogen-bond acceptors (Lipinski definition) is 9. The zero-order valence-corrected chi connectivity index (χ0v) is 32.4. The van der Waals surface area contributed by atoms with Gasteiger partial charge in [0, 0.05) is 39.5 Å². The summed E-state index contributed by atoms with van der Waals surface area (Å²) in [5, 5.41) is 0. The first-order valence-corrected chi connectivity index (χ1v) is 18.5. The predicted molar refractivity (Wildman–Crippen MR) is 218 cm³/mol. The average Bonchev–Trinajstić information content (AvgIpc) is 3.56. The molecule has 0 bridgehead atoms. The third-order valence-corrected chi connectivity index (χ3v) is 9.54. The minimum Gasteiger partial charge on any atom is -0.493 e. The lowest BCUT2D eigenvalue weighted by atomic mass is 10.1. The molecule has 0 aliphatic carbocycles. The largest absolute Gasteiger partial charge is 0.493 e. The average molecular weight is 797 g/mol. The van der Waals surface area contributed by atoms with Crippen molar-refractivity contribution >= 4 is 39.7 Å². The molecule has 1 aliphatic heterocycles. The van der Waals surface area contributed by atoms with Crippen LogP contribution in [0.15, 0.2) is 131 Å². The number of halogens is 1. The molecule has 1 amide bonds. The molecule has 10 nitrogen and oxygen atoms in total. The monoisotopic (exact) mass is 795 g/mol. The molecular formula is C44H38BrN5O5. The summed E-state index contributed by atoms with van der Waals surface area (Å²) < 4.78 is 23.6. The van der Waals surface area contributed by atoms with Crippen molar-refractivity contribution in [1.29, 1.82) is 0 Å². The lowest BCUT2D eigenvalue weighted by Crippen LogP contribution is -2.34. The van der Waals surface area contributed by atoms with Crippen molar-refractivity contribution in [3.8, 4) is 45.5 Å². The smallest absolute Gasteiger partial charge is 0.285 e. The van der Waals surface area contributed by atoms with Crippen molar-refractivity contribution in [2.75, 3.05) is 32.8 Å². The molecule has 0 fully saturated rings. The molecule has 11 heteroatoms. The fourth-order valence-corrected chi connectivity index (χ4v) is 6.35. The van der Waals surface area contributed by atoms with Gasteiger partial charge in [0.1, 0.15) is 11.4 Å². The van der Waals surface area contributed by atoms with Gasteiger partial charge >= 0.3 is 0 Å². The minimum absolute atomic E-state index is 0.179. The fraction of sp³-hybridized carbons (Fsp3) is 0.159. The number of carbonyl (C=O) groups excluding carboxylic acids is 1. The number of methoxy groups -OCH3 is 3. The Labute approximate surface area is 328 Å². The number of aliphatic imine (C=N–C) groups is 1. The first-order valence-electron chi connectivity index (χ1n) is 17.7. The van der Waals surface area contributed by atoms with Crippen molar-refractivity contribution < 1.29 is 23.7 Å². The SMILES string of the molecule is CCc1ccc(CCOc2ccc(-c3cc(-c4ccc(Br)cc4)nc(N4C(=O)/C(=C/c5cc(OC)c(OC)c(OC)c5)N=C4c4ccccc4)n3)cc2)nc1. The Bertz CT molecular complexity index is 2340. The van der Waals surface area contributed by atoms with Crippen LogP contribution < -0.4 is 23.8 Å². The molecule has 2 aromatic heterocycles. The van der Waals surface area contributed by atoms with Gasteiger partial charge in [0.15, 0.2) is 17.3 Å². The molecule has 276 valence electrons. The summed E-state index contributed by atoms with van der Waals surface area (Å²) in [5.41, 5.74) is 6.67. The van der Waals surface area contributed by atoms with Crippen LogP contribution in [0.5, 0.6) is 23.0 Å². The molecule has 0 saturated heterocycles. The van der Waals surface area contributed by atoms with E-state index >= 15 is 0 Å². The van der Waals surface area contributed by atoms with Gasteiger partial charge in [0.05, 0.1) is 39.3 Å². The summed E-state index contributed by atoms with van der Waals surface area (Å²) in [7, 11) is 4.63. The highest BCUT2D eigenvalue weighted by Gasteiger charge is 2.35. The number of rotatable bonds is 13. The number of pyridine rings is 1. The van der Waals surface area contributed by atoms with Crippen molar-refractivity contribution in [2.24, 2.45) is 4.99 Å². The van der Waals surface area contributed by atoms with Crippen molar-refractivity contribution in [2.45, 2.75) is 19.8 Å². The fourth-order valence-electron chi connectivity index (χ4n) is 6.08. The van der Waals surface area contributed by atoms with Crippen molar-refractivity contribution in [1.82, 2.24) is 15.0 Å². The highest BCUT2D eigenvalue weighted by molar-refractivity contribution is 9.10. The van der Waals surface area contributed by atoms with E-state index in [0.29, 0.717) is 53.1 Å². The van der Waals surface area contributed by atoms with Gasteiger partial charge in [-0.25, -0.2) is 19.9 Å². The number of anilines is 1. The van der Waals surface area contributed by atoms with Gasteiger partial charge in [-0.1, -0.05) is 71.4 Å². The molecule has 55 heavy (non-hydrogen) atoms. The molecule has 4 aromatic carbocycles. The Morgan fingerprint density at radius 3 is 1.98 bits per heavy atom. The summed E-state index contributed by atoms with van der Waals surface area (Å²) in [6.07, 6.45) is 5.26. The van der Waals surface area contributed by atoms with Gasteiger partial charge in [-0.2, -0.15) is 0 Å². The number of aryl methyl sites for hydroxylation is 1. The molecule has 3 heterocycles. The van der Waals surface area contributed by atoms with Gasteiger partial charge in [-0.15, -0.1) is 0 Å². The van der Waals surface area contributed by atoms with E-state index in [4.69, 9.17) is 33.9 Å². The Hall–Kier alpha value is -6.33. The van der Waals surface area contributed by atoms with Crippen LogP contribution in [0.3, 0.4) is 0 Å². The predicted octanol–water partition coefficient (Wildman–Crippen LogP) is 9.01. The summed E-state index contributed by atoms with van der Waals surface area (Å²) in [6, 6.07) is 34.7. The number of ether oxygens (including phenoxy) is 4. The van der Waals surface area contributed by atoms with E-state index in [-0.39, 0.29) is 11.6 Å². The van der Waals surface area contributed by atoms with E-state index < -0.39 is 5.91 Å².